The van der Waals surface area contributed by atoms with Crippen LogP contribution in [-0.2, 0) is 6.54 Å². The second kappa shape index (κ2) is 6.91. The molecule has 0 aromatic heterocycles. The molecule has 0 heterocycles. The second-order valence-electron chi connectivity index (χ2n) is 4.23. The van der Waals surface area contributed by atoms with Crippen molar-refractivity contribution in [3.63, 3.8) is 0 Å². The maximum Gasteiger partial charge on any atom is 0.316 e. The minimum atomic E-state index is -0.0531. The van der Waals surface area contributed by atoms with Crippen LogP contribution in [0.4, 0.5) is 4.79 Å². The summed E-state index contributed by atoms with van der Waals surface area (Å²) < 4.78 is 0. The number of urea groups is 1. The molecular weight excluding hydrogens is 214 g/mol. The number of benzene rings is 1. The van der Waals surface area contributed by atoms with Crippen molar-refractivity contribution in [2.45, 2.75) is 13.5 Å². The van der Waals surface area contributed by atoms with E-state index >= 15 is 0 Å². The summed E-state index contributed by atoms with van der Waals surface area (Å²) in [5, 5.41) is 6.11. The average Bonchev–Trinajstić information content (AvgIpc) is 2.30. The lowest BCUT2D eigenvalue weighted by Gasteiger charge is -2.12. The number of hydrogen-bond donors (Lipinski definition) is 2. The topological polar surface area (TPSA) is 44.4 Å². The number of rotatable bonds is 5. The van der Waals surface area contributed by atoms with Crippen LogP contribution in [0.5, 0.6) is 0 Å². The van der Waals surface area contributed by atoms with Crippen LogP contribution in [0.2, 0.25) is 0 Å². The molecule has 0 saturated carbocycles. The fourth-order valence-corrected chi connectivity index (χ4v) is 1.45. The highest BCUT2D eigenvalue weighted by Crippen LogP contribution is 2.05. The van der Waals surface area contributed by atoms with Crippen LogP contribution in [0.25, 0.3) is 0 Å². The lowest BCUT2D eigenvalue weighted by molar-refractivity contribution is 0.217. The minimum Gasteiger partial charge on any atom is -0.337 e. The van der Waals surface area contributed by atoms with E-state index in [0.29, 0.717) is 6.54 Å². The smallest absolute Gasteiger partial charge is 0.316 e. The zero-order chi connectivity index (χ0) is 12.7. The summed E-state index contributed by atoms with van der Waals surface area (Å²) in [4.78, 5) is 12.7. The van der Waals surface area contributed by atoms with Crippen LogP contribution >= 0.6 is 0 Å². The molecule has 4 heteroatoms. The summed E-state index contributed by atoms with van der Waals surface area (Å²) in [6.07, 6.45) is 0. The van der Waals surface area contributed by atoms with Gasteiger partial charge in [0.1, 0.15) is 0 Å². The van der Waals surface area contributed by atoms with Gasteiger partial charge in [0, 0.05) is 33.7 Å². The van der Waals surface area contributed by atoms with Gasteiger partial charge in [0.2, 0.25) is 0 Å². The predicted molar refractivity (Wildman–Crippen MR) is 70.0 cm³/mol. The molecular formula is C13H21N3O. The SMILES string of the molecule is Cc1ccccc1CNCCNC(=O)N(C)C. The van der Waals surface area contributed by atoms with Crippen molar-refractivity contribution in [3.8, 4) is 0 Å². The molecule has 0 saturated heterocycles. The van der Waals surface area contributed by atoms with E-state index < -0.39 is 0 Å². The Morgan fingerprint density at radius 1 is 1.24 bits per heavy atom. The lowest BCUT2D eigenvalue weighted by atomic mass is 10.1. The number of carbonyl (C=O) groups is 1. The van der Waals surface area contributed by atoms with Crippen molar-refractivity contribution < 1.29 is 4.79 Å². The second-order valence-corrected chi connectivity index (χ2v) is 4.23. The normalized spacial score (nSPS) is 10.1. The average molecular weight is 235 g/mol. The van der Waals surface area contributed by atoms with Gasteiger partial charge in [-0.15, -0.1) is 0 Å². The van der Waals surface area contributed by atoms with Crippen molar-refractivity contribution in [1.29, 1.82) is 0 Å². The van der Waals surface area contributed by atoms with Gasteiger partial charge in [-0.3, -0.25) is 0 Å². The summed E-state index contributed by atoms with van der Waals surface area (Å²) in [6, 6.07) is 8.24. The van der Waals surface area contributed by atoms with Crippen LogP contribution in [0.1, 0.15) is 11.1 Å². The van der Waals surface area contributed by atoms with E-state index in [1.54, 1.807) is 14.1 Å². The van der Waals surface area contributed by atoms with Crippen LogP contribution in [0, 0.1) is 6.92 Å². The quantitative estimate of drug-likeness (QED) is 0.757. The Morgan fingerprint density at radius 2 is 1.94 bits per heavy atom. The molecule has 4 nitrogen and oxygen atoms in total. The maximum absolute atomic E-state index is 11.2. The molecule has 1 aromatic carbocycles. The van der Waals surface area contributed by atoms with Crippen molar-refractivity contribution in [1.82, 2.24) is 15.5 Å². The van der Waals surface area contributed by atoms with Gasteiger partial charge in [0.15, 0.2) is 0 Å². The third-order valence-electron chi connectivity index (χ3n) is 2.56. The summed E-state index contributed by atoms with van der Waals surface area (Å²) in [5.41, 5.74) is 2.59. The largest absolute Gasteiger partial charge is 0.337 e. The first-order valence-corrected chi connectivity index (χ1v) is 5.81. The lowest BCUT2D eigenvalue weighted by Crippen LogP contribution is -2.38. The third kappa shape index (κ3) is 4.87. The molecule has 0 aliphatic rings. The van der Waals surface area contributed by atoms with Crippen LogP contribution in [0.3, 0.4) is 0 Å². The number of amides is 2. The fourth-order valence-electron chi connectivity index (χ4n) is 1.45. The molecule has 0 aliphatic heterocycles. The minimum absolute atomic E-state index is 0.0531. The molecule has 0 atom stereocenters. The number of carbonyl (C=O) groups excluding carboxylic acids is 1. The first-order chi connectivity index (χ1) is 8.11. The summed E-state index contributed by atoms with van der Waals surface area (Å²) in [5.74, 6) is 0. The first-order valence-electron chi connectivity index (χ1n) is 5.81. The van der Waals surface area contributed by atoms with Crippen LogP contribution in [-0.4, -0.2) is 38.1 Å². The van der Waals surface area contributed by atoms with Gasteiger partial charge < -0.3 is 15.5 Å². The molecule has 2 N–H and O–H groups in total. The number of nitrogens with one attached hydrogen (secondary N) is 2. The summed E-state index contributed by atoms with van der Waals surface area (Å²) in [7, 11) is 3.46. The Balaban J connectivity index is 2.17. The zero-order valence-corrected chi connectivity index (χ0v) is 10.8. The highest BCUT2D eigenvalue weighted by molar-refractivity contribution is 5.73. The Labute approximate surface area is 103 Å². The standard InChI is InChI=1S/C13H21N3O/c1-11-6-4-5-7-12(11)10-14-8-9-15-13(17)16(2)3/h4-7,14H,8-10H2,1-3H3,(H,15,17). The third-order valence-corrected chi connectivity index (χ3v) is 2.56. The molecule has 0 unspecified atom stereocenters. The van der Waals surface area contributed by atoms with E-state index in [2.05, 4.69) is 29.7 Å². The van der Waals surface area contributed by atoms with Gasteiger partial charge in [0.25, 0.3) is 0 Å². The number of hydrogen-bond acceptors (Lipinski definition) is 2. The van der Waals surface area contributed by atoms with Crippen molar-refractivity contribution >= 4 is 6.03 Å². The molecule has 1 aromatic rings. The van der Waals surface area contributed by atoms with Gasteiger partial charge in [-0.25, -0.2) is 4.79 Å². The van der Waals surface area contributed by atoms with E-state index in [-0.39, 0.29) is 6.03 Å². The number of aryl methyl sites for hydroxylation is 1. The van der Waals surface area contributed by atoms with Crippen molar-refractivity contribution in [2.75, 3.05) is 27.2 Å². The summed E-state index contributed by atoms with van der Waals surface area (Å²) >= 11 is 0. The molecule has 0 bridgehead atoms. The maximum atomic E-state index is 11.2. The Hall–Kier alpha value is -1.55. The Kier molecular flexibility index (Phi) is 5.49. The van der Waals surface area contributed by atoms with E-state index in [9.17, 15) is 4.79 Å². The highest BCUT2D eigenvalue weighted by atomic mass is 16.2. The number of nitrogens with zero attached hydrogens (tertiary/aromatic N) is 1. The van der Waals surface area contributed by atoms with Gasteiger partial charge in [-0.1, -0.05) is 24.3 Å². The molecule has 94 valence electrons. The van der Waals surface area contributed by atoms with Crippen LogP contribution < -0.4 is 10.6 Å². The zero-order valence-electron chi connectivity index (χ0n) is 10.8. The monoisotopic (exact) mass is 235 g/mol. The van der Waals surface area contributed by atoms with E-state index in [1.165, 1.54) is 16.0 Å². The highest BCUT2D eigenvalue weighted by Gasteiger charge is 2.00. The van der Waals surface area contributed by atoms with Gasteiger partial charge in [-0.05, 0) is 18.1 Å². The first kappa shape index (κ1) is 13.5. The van der Waals surface area contributed by atoms with Gasteiger partial charge >= 0.3 is 6.03 Å². The summed E-state index contributed by atoms with van der Waals surface area (Å²) in [6.45, 7) is 4.35. The van der Waals surface area contributed by atoms with Gasteiger partial charge in [0.05, 0.1) is 0 Å². The Morgan fingerprint density at radius 3 is 2.59 bits per heavy atom. The molecule has 0 aliphatic carbocycles. The Bertz CT molecular complexity index is 363. The van der Waals surface area contributed by atoms with E-state index in [4.69, 9.17) is 0 Å². The van der Waals surface area contributed by atoms with Gasteiger partial charge in [-0.2, -0.15) is 0 Å². The molecule has 0 radical (unpaired) electrons. The van der Waals surface area contributed by atoms with Crippen LogP contribution in [0.15, 0.2) is 24.3 Å². The van der Waals surface area contributed by atoms with Crippen molar-refractivity contribution in [3.05, 3.63) is 35.4 Å². The van der Waals surface area contributed by atoms with E-state index in [0.717, 1.165) is 13.1 Å². The molecule has 17 heavy (non-hydrogen) atoms. The molecule has 0 fully saturated rings. The molecule has 2 amide bonds. The molecule has 0 spiro atoms. The predicted octanol–water partition coefficient (Wildman–Crippen LogP) is 1.36. The fraction of sp³-hybridized carbons (Fsp3) is 0.462. The van der Waals surface area contributed by atoms with E-state index in [1.807, 2.05) is 12.1 Å². The van der Waals surface area contributed by atoms with Crippen molar-refractivity contribution in [2.24, 2.45) is 0 Å². The molecule has 1 rings (SSSR count).